The lowest BCUT2D eigenvalue weighted by atomic mass is 10.1. The molecule has 0 saturated carbocycles. The van der Waals surface area contributed by atoms with E-state index in [2.05, 4.69) is 11.9 Å². The number of imide groups is 1. The van der Waals surface area contributed by atoms with Gasteiger partial charge < -0.3 is 10.2 Å². The van der Waals surface area contributed by atoms with Crippen molar-refractivity contribution in [1.82, 2.24) is 9.80 Å². The number of carbonyl (C=O) groups excluding carboxylic acids is 4. The zero-order chi connectivity index (χ0) is 18.6. The number of hydrogen-bond donors (Lipinski definition) is 1. The van der Waals surface area contributed by atoms with Crippen molar-refractivity contribution < 1.29 is 19.2 Å². The maximum Gasteiger partial charge on any atom is 0.254 e. The van der Waals surface area contributed by atoms with Crippen molar-refractivity contribution in [3.63, 3.8) is 0 Å². The summed E-state index contributed by atoms with van der Waals surface area (Å²) in [5.74, 6) is -1.40. The molecule has 132 valence electrons. The zero-order valence-electron chi connectivity index (χ0n) is 14.3. The number of carbonyl (C=O) groups is 4. The van der Waals surface area contributed by atoms with E-state index in [1.54, 1.807) is 18.2 Å². The number of rotatable bonds is 6. The first kappa shape index (κ1) is 18.4. The van der Waals surface area contributed by atoms with Crippen molar-refractivity contribution in [3.05, 3.63) is 42.5 Å². The molecule has 0 radical (unpaired) electrons. The van der Waals surface area contributed by atoms with Crippen LogP contribution in [0.2, 0.25) is 0 Å². The Morgan fingerprint density at radius 1 is 1.40 bits per heavy atom. The minimum Gasteiger partial charge on any atom is -0.326 e. The molecule has 1 heterocycles. The van der Waals surface area contributed by atoms with Crippen LogP contribution in [0.25, 0.3) is 0 Å². The van der Waals surface area contributed by atoms with Crippen LogP contribution in [0.15, 0.2) is 36.9 Å². The van der Waals surface area contributed by atoms with E-state index in [0.717, 1.165) is 11.0 Å². The molecule has 0 bridgehead atoms. The van der Waals surface area contributed by atoms with Crippen LogP contribution in [-0.2, 0) is 14.4 Å². The second kappa shape index (κ2) is 7.74. The summed E-state index contributed by atoms with van der Waals surface area (Å²) < 4.78 is 0. The second-order valence-electron chi connectivity index (χ2n) is 5.78. The predicted molar refractivity (Wildman–Crippen MR) is 92.8 cm³/mol. The maximum absolute atomic E-state index is 12.9. The number of anilines is 1. The molecule has 7 heteroatoms. The third-order valence-corrected chi connectivity index (χ3v) is 4.02. The summed E-state index contributed by atoms with van der Waals surface area (Å²) in [5.41, 5.74) is 0.795. The monoisotopic (exact) mass is 343 g/mol. The predicted octanol–water partition coefficient (Wildman–Crippen LogP) is 1.42. The molecule has 25 heavy (non-hydrogen) atoms. The molecule has 1 unspecified atom stereocenters. The third kappa shape index (κ3) is 3.93. The van der Waals surface area contributed by atoms with E-state index in [1.165, 1.54) is 18.0 Å². The average molecular weight is 343 g/mol. The van der Waals surface area contributed by atoms with Crippen LogP contribution >= 0.6 is 0 Å². The van der Waals surface area contributed by atoms with E-state index in [1.807, 2.05) is 6.92 Å². The summed E-state index contributed by atoms with van der Waals surface area (Å²) in [6.07, 6.45) is 1.78. The molecule has 1 atom stereocenters. The molecule has 1 N–H and O–H groups in total. The standard InChI is InChI=1S/C18H21N3O4/c1-4-9-21(14-11-16(23)20(3)18(14)25)17(24)12-7-6-8-13(10-12)19-15(22)5-2/h5-8,10,14H,2,4,9,11H2,1,3H3,(H,19,22). The van der Waals surface area contributed by atoms with Crippen molar-refractivity contribution in [1.29, 1.82) is 0 Å². The summed E-state index contributed by atoms with van der Waals surface area (Å²) in [6, 6.07) is 5.66. The number of amides is 4. The highest BCUT2D eigenvalue weighted by Gasteiger charge is 2.41. The number of nitrogens with zero attached hydrogens (tertiary/aromatic N) is 2. The molecule has 1 aliphatic heterocycles. The van der Waals surface area contributed by atoms with Crippen LogP contribution in [0.1, 0.15) is 30.1 Å². The summed E-state index contributed by atoms with van der Waals surface area (Å²) in [6.45, 7) is 5.64. The lowest BCUT2D eigenvalue weighted by Gasteiger charge is -2.27. The van der Waals surface area contributed by atoms with Gasteiger partial charge in [0.15, 0.2) is 0 Å². The average Bonchev–Trinajstić information content (AvgIpc) is 2.86. The van der Waals surface area contributed by atoms with Gasteiger partial charge in [-0.25, -0.2) is 0 Å². The van der Waals surface area contributed by atoms with Gasteiger partial charge >= 0.3 is 0 Å². The van der Waals surface area contributed by atoms with Crippen molar-refractivity contribution in [2.75, 3.05) is 18.9 Å². The number of benzene rings is 1. The van der Waals surface area contributed by atoms with Gasteiger partial charge in [0.05, 0.1) is 6.42 Å². The van der Waals surface area contributed by atoms with Crippen molar-refractivity contribution in [3.8, 4) is 0 Å². The molecule has 2 rings (SSSR count). The lowest BCUT2D eigenvalue weighted by Crippen LogP contribution is -2.45. The van der Waals surface area contributed by atoms with Crippen molar-refractivity contribution in [2.24, 2.45) is 0 Å². The van der Waals surface area contributed by atoms with Gasteiger partial charge in [0.1, 0.15) is 6.04 Å². The first-order valence-corrected chi connectivity index (χ1v) is 8.03. The Morgan fingerprint density at radius 3 is 2.68 bits per heavy atom. The van der Waals surface area contributed by atoms with Crippen molar-refractivity contribution in [2.45, 2.75) is 25.8 Å². The molecule has 7 nitrogen and oxygen atoms in total. The minimum absolute atomic E-state index is 0.00599. The molecule has 1 saturated heterocycles. The van der Waals surface area contributed by atoms with Crippen LogP contribution in [0.5, 0.6) is 0 Å². The van der Waals surface area contributed by atoms with E-state index in [4.69, 9.17) is 0 Å². The van der Waals surface area contributed by atoms with Crippen molar-refractivity contribution >= 4 is 29.3 Å². The maximum atomic E-state index is 12.9. The Hall–Kier alpha value is -2.96. The molecule has 1 aromatic carbocycles. The Balaban J connectivity index is 2.27. The molecule has 1 aliphatic rings. The Kier molecular flexibility index (Phi) is 5.69. The Bertz CT molecular complexity index is 729. The van der Waals surface area contributed by atoms with Gasteiger partial charge in [0.25, 0.3) is 11.8 Å². The van der Waals surface area contributed by atoms with E-state index >= 15 is 0 Å². The van der Waals surface area contributed by atoms with Crippen LogP contribution in [-0.4, -0.2) is 53.1 Å². The molecule has 0 spiro atoms. The third-order valence-electron chi connectivity index (χ3n) is 4.02. The van der Waals surface area contributed by atoms with Gasteiger partial charge in [-0.3, -0.25) is 24.1 Å². The summed E-state index contributed by atoms with van der Waals surface area (Å²) >= 11 is 0. The van der Waals surface area contributed by atoms with Crippen LogP contribution in [0.3, 0.4) is 0 Å². The normalized spacial score (nSPS) is 16.7. The smallest absolute Gasteiger partial charge is 0.254 e. The molecular formula is C18H21N3O4. The number of nitrogens with one attached hydrogen (secondary N) is 1. The largest absolute Gasteiger partial charge is 0.326 e. The van der Waals surface area contributed by atoms with Gasteiger partial charge in [0, 0.05) is 24.8 Å². The van der Waals surface area contributed by atoms with E-state index in [9.17, 15) is 19.2 Å². The van der Waals surface area contributed by atoms with Gasteiger partial charge in [-0.15, -0.1) is 0 Å². The zero-order valence-corrected chi connectivity index (χ0v) is 14.3. The first-order valence-electron chi connectivity index (χ1n) is 8.03. The molecule has 0 aromatic heterocycles. The van der Waals surface area contributed by atoms with Crippen LogP contribution < -0.4 is 5.32 Å². The molecule has 0 aliphatic carbocycles. The highest BCUT2D eigenvalue weighted by atomic mass is 16.2. The summed E-state index contributed by atoms with van der Waals surface area (Å²) in [4.78, 5) is 50.8. The molecular weight excluding hydrogens is 322 g/mol. The number of likely N-dealkylation sites (N-methyl/N-ethyl adjacent to an activating group) is 1. The number of hydrogen-bond acceptors (Lipinski definition) is 4. The second-order valence-corrected chi connectivity index (χ2v) is 5.78. The van der Waals surface area contributed by atoms with E-state index in [-0.39, 0.29) is 30.0 Å². The summed E-state index contributed by atoms with van der Waals surface area (Å²) in [5, 5.41) is 2.59. The lowest BCUT2D eigenvalue weighted by molar-refractivity contribution is -0.137. The summed E-state index contributed by atoms with van der Waals surface area (Å²) in [7, 11) is 1.42. The van der Waals surface area contributed by atoms with Gasteiger partial charge in [-0.05, 0) is 30.7 Å². The SMILES string of the molecule is C=CC(=O)Nc1cccc(C(=O)N(CCC)C2CC(=O)N(C)C2=O)c1. The Morgan fingerprint density at radius 2 is 2.12 bits per heavy atom. The molecule has 1 fully saturated rings. The molecule has 1 aromatic rings. The van der Waals surface area contributed by atoms with Crippen LogP contribution in [0.4, 0.5) is 5.69 Å². The quantitative estimate of drug-likeness (QED) is 0.625. The van der Waals surface area contributed by atoms with E-state index in [0.29, 0.717) is 24.2 Å². The fourth-order valence-electron chi connectivity index (χ4n) is 2.71. The first-order chi connectivity index (χ1) is 11.9. The molecule has 4 amide bonds. The van der Waals surface area contributed by atoms with Gasteiger partial charge in [-0.2, -0.15) is 0 Å². The minimum atomic E-state index is -0.781. The van der Waals surface area contributed by atoms with Gasteiger partial charge in [-0.1, -0.05) is 19.6 Å². The topological polar surface area (TPSA) is 86.8 Å². The highest BCUT2D eigenvalue weighted by molar-refractivity contribution is 6.08. The van der Waals surface area contributed by atoms with Crippen LogP contribution in [0, 0.1) is 0 Å². The Labute approximate surface area is 146 Å². The fraction of sp³-hybridized carbons (Fsp3) is 0.333. The fourth-order valence-corrected chi connectivity index (χ4v) is 2.71. The highest BCUT2D eigenvalue weighted by Crippen LogP contribution is 2.21. The number of likely N-dealkylation sites (tertiary alicyclic amines) is 1. The van der Waals surface area contributed by atoms with Gasteiger partial charge in [0.2, 0.25) is 11.8 Å². The van der Waals surface area contributed by atoms with E-state index < -0.39 is 6.04 Å².